The molecule has 1 amide bonds. The summed E-state index contributed by atoms with van der Waals surface area (Å²) in [6, 6.07) is 5.19. The van der Waals surface area contributed by atoms with Gasteiger partial charge < -0.3 is 24.2 Å². The normalized spacial score (nSPS) is 11.7. The predicted molar refractivity (Wildman–Crippen MR) is 83.6 cm³/mol. The molecule has 0 bridgehead atoms. The van der Waals surface area contributed by atoms with E-state index in [9.17, 15) is 9.59 Å². The number of benzene rings is 1. The van der Waals surface area contributed by atoms with Gasteiger partial charge in [-0.05, 0) is 17.7 Å². The molecule has 1 atom stereocenters. The topological polar surface area (TPSA) is 85.3 Å². The molecule has 0 spiro atoms. The van der Waals surface area contributed by atoms with Crippen molar-refractivity contribution < 1.29 is 28.9 Å². The molecule has 0 fully saturated rings. The number of hydrogen-bond donors (Lipinski definition) is 1. The second-order valence-corrected chi connectivity index (χ2v) is 5.17. The van der Waals surface area contributed by atoms with Crippen LogP contribution in [0.5, 0.6) is 11.5 Å². The molecule has 0 aliphatic heterocycles. The van der Waals surface area contributed by atoms with Gasteiger partial charge in [0, 0.05) is 19.7 Å². The zero-order chi connectivity index (χ0) is 17.4. The van der Waals surface area contributed by atoms with Crippen LogP contribution >= 0.6 is 0 Å². The number of aliphatic carboxylic acids is 1. The maximum atomic E-state index is 12.4. The van der Waals surface area contributed by atoms with E-state index in [-0.39, 0.29) is 25.6 Å². The van der Waals surface area contributed by atoms with Gasteiger partial charge in [0.1, 0.15) is 18.0 Å². The summed E-state index contributed by atoms with van der Waals surface area (Å²) in [6.45, 7) is 1.70. The molecule has 7 nitrogen and oxygen atoms in total. The Bertz CT molecular complexity index is 523. The van der Waals surface area contributed by atoms with Crippen molar-refractivity contribution in [3.63, 3.8) is 0 Å². The molecule has 128 valence electrons. The van der Waals surface area contributed by atoms with Gasteiger partial charge in [0.05, 0.1) is 26.7 Å². The van der Waals surface area contributed by atoms with Crippen LogP contribution < -0.4 is 9.47 Å². The van der Waals surface area contributed by atoms with Crippen LogP contribution in [0.1, 0.15) is 12.5 Å². The van der Waals surface area contributed by atoms with Crippen LogP contribution in [0.2, 0.25) is 0 Å². The van der Waals surface area contributed by atoms with Gasteiger partial charge in [0.25, 0.3) is 0 Å². The van der Waals surface area contributed by atoms with Gasteiger partial charge in [-0.2, -0.15) is 0 Å². The fourth-order valence-corrected chi connectivity index (χ4v) is 2.19. The third-order valence-corrected chi connectivity index (χ3v) is 3.26. The molecule has 1 N–H and O–H groups in total. The van der Waals surface area contributed by atoms with E-state index in [0.29, 0.717) is 11.5 Å². The van der Waals surface area contributed by atoms with E-state index >= 15 is 0 Å². The van der Waals surface area contributed by atoms with Gasteiger partial charge in [-0.25, -0.2) is 0 Å². The van der Waals surface area contributed by atoms with Crippen LogP contribution in [-0.2, 0) is 20.9 Å². The van der Waals surface area contributed by atoms with Crippen molar-refractivity contribution in [3.8, 4) is 11.5 Å². The average molecular weight is 325 g/mol. The average Bonchev–Trinajstić information content (AvgIpc) is 2.52. The highest BCUT2D eigenvalue weighted by Gasteiger charge is 2.23. The molecule has 0 saturated carbocycles. The van der Waals surface area contributed by atoms with E-state index in [2.05, 4.69) is 0 Å². The highest BCUT2D eigenvalue weighted by Crippen LogP contribution is 2.23. The summed E-state index contributed by atoms with van der Waals surface area (Å²) in [5.41, 5.74) is 0.723. The lowest BCUT2D eigenvalue weighted by Gasteiger charge is -2.24. The van der Waals surface area contributed by atoms with Crippen molar-refractivity contribution >= 4 is 11.9 Å². The van der Waals surface area contributed by atoms with Gasteiger partial charge >= 0.3 is 5.97 Å². The van der Waals surface area contributed by atoms with Crippen molar-refractivity contribution in [2.45, 2.75) is 13.5 Å². The highest BCUT2D eigenvalue weighted by molar-refractivity contribution is 5.83. The molecule has 0 radical (unpaired) electrons. The molecule has 23 heavy (non-hydrogen) atoms. The third-order valence-electron chi connectivity index (χ3n) is 3.26. The lowest BCUT2D eigenvalue weighted by molar-refractivity contribution is -0.147. The summed E-state index contributed by atoms with van der Waals surface area (Å²) in [5, 5.41) is 9.05. The number of nitrogens with zero attached hydrogens (tertiary/aromatic N) is 1. The van der Waals surface area contributed by atoms with Gasteiger partial charge in [0.15, 0.2) is 0 Å². The van der Waals surface area contributed by atoms with Gasteiger partial charge in [0.2, 0.25) is 5.91 Å². The Kier molecular flexibility index (Phi) is 7.34. The monoisotopic (exact) mass is 325 g/mol. The maximum Gasteiger partial charge on any atom is 0.323 e. The number of carboxylic acids is 1. The van der Waals surface area contributed by atoms with Crippen LogP contribution in [0, 0.1) is 5.92 Å². The van der Waals surface area contributed by atoms with Crippen LogP contribution in [0.4, 0.5) is 0 Å². The zero-order valence-electron chi connectivity index (χ0n) is 13.9. The first-order chi connectivity index (χ1) is 10.9. The number of methoxy groups -OCH3 is 3. The Morgan fingerprint density at radius 2 is 1.70 bits per heavy atom. The van der Waals surface area contributed by atoms with E-state index in [4.69, 9.17) is 19.3 Å². The summed E-state index contributed by atoms with van der Waals surface area (Å²) >= 11 is 0. The first-order valence-electron chi connectivity index (χ1n) is 7.12. The second-order valence-electron chi connectivity index (χ2n) is 5.17. The van der Waals surface area contributed by atoms with Crippen LogP contribution in [0.25, 0.3) is 0 Å². The Hall–Kier alpha value is -2.28. The first-order valence-corrected chi connectivity index (χ1v) is 7.12. The summed E-state index contributed by atoms with van der Waals surface area (Å²) in [7, 11) is 4.55. The first kappa shape index (κ1) is 18.8. The number of amides is 1. The largest absolute Gasteiger partial charge is 0.497 e. The standard InChI is InChI=1S/C16H23NO6/c1-11(10-21-2)16(20)17(9-15(18)19)8-12-5-13(22-3)7-14(6-12)23-4/h5-7,11H,8-10H2,1-4H3,(H,18,19). The maximum absolute atomic E-state index is 12.4. The number of carbonyl (C=O) groups excluding carboxylic acids is 1. The van der Waals surface area contributed by atoms with Crippen LogP contribution in [0.3, 0.4) is 0 Å². The molecule has 0 heterocycles. The molecule has 0 aromatic heterocycles. The Morgan fingerprint density at radius 3 is 2.13 bits per heavy atom. The zero-order valence-corrected chi connectivity index (χ0v) is 13.9. The van der Waals surface area contributed by atoms with Gasteiger partial charge in [-0.3, -0.25) is 9.59 Å². The van der Waals surface area contributed by atoms with Crippen molar-refractivity contribution in [1.29, 1.82) is 0 Å². The van der Waals surface area contributed by atoms with Crippen molar-refractivity contribution in [1.82, 2.24) is 4.90 Å². The fraction of sp³-hybridized carbons (Fsp3) is 0.500. The van der Waals surface area contributed by atoms with Crippen molar-refractivity contribution in [2.24, 2.45) is 5.92 Å². The van der Waals surface area contributed by atoms with E-state index in [1.54, 1.807) is 25.1 Å². The van der Waals surface area contributed by atoms with Crippen LogP contribution in [0.15, 0.2) is 18.2 Å². The van der Waals surface area contributed by atoms with E-state index in [0.717, 1.165) is 5.56 Å². The summed E-state index contributed by atoms with van der Waals surface area (Å²) < 4.78 is 15.3. The summed E-state index contributed by atoms with van der Waals surface area (Å²) in [5.74, 6) is -0.625. The minimum absolute atomic E-state index is 0.146. The number of ether oxygens (including phenoxy) is 3. The molecule has 1 aromatic rings. The van der Waals surface area contributed by atoms with Crippen LogP contribution in [-0.4, -0.2) is 56.4 Å². The summed E-state index contributed by atoms with van der Waals surface area (Å²) in [4.78, 5) is 24.7. The Balaban J connectivity index is 3.00. The lowest BCUT2D eigenvalue weighted by atomic mass is 10.1. The van der Waals surface area contributed by atoms with E-state index < -0.39 is 11.9 Å². The molecule has 0 aliphatic rings. The highest BCUT2D eigenvalue weighted by atomic mass is 16.5. The number of carbonyl (C=O) groups is 2. The molecule has 7 heteroatoms. The smallest absolute Gasteiger partial charge is 0.323 e. The molecule has 1 aromatic carbocycles. The third kappa shape index (κ3) is 5.78. The van der Waals surface area contributed by atoms with Crippen molar-refractivity contribution in [3.05, 3.63) is 23.8 Å². The minimum Gasteiger partial charge on any atom is -0.497 e. The number of carboxylic acid groups (broad SMARTS) is 1. The second kappa shape index (κ2) is 8.99. The SMILES string of the molecule is COCC(C)C(=O)N(CC(=O)O)Cc1cc(OC)cc(OC)c1. The Morgan fingerprint density at radius 1 is 1.13 bits per heavy atom. The van der Waals surface area contributed by atoms with Crippen molar-refractivity contribution in [2.75, 3.05) is 34.5 Å². The van der Waals surface area contributed by atoms with Gasteiger partial charge in [-0.15, -0.1) is 0 Å². The minimum atomic E-state index is -1.07. The molecule has 0 aliphatic carbocycles. The number of hydrogen-bond acceptors (Lipinski definition) is 5. The quantitative estimate of drug-likeness (QED) is 0.739. The fourth-order valence-electron chi connectivity index (χ4n) is 2.19. The Labute approximate surface area is 135 Å². The molecular weight excluding hydrogens is 302 g/mol. The molecular formula is C16H23NO6. The number of rotatable bonds is 9. The molecule has 0 saturated heterocycles. The molecule has 1 rings (SSSR count). The van der Waals surface area contributed by atoms with Gasteiger partial charge in [-0.1, -0.05) is 6.92 Å². The predicted octanol–water partition coefficient (Wildman–Crippen LogP) is 1.40. The van der Waals surface area contributed by atoms with E-state index in [1.807, 2.05) is 0 Å². The van der Waals surface area contributed by atoms with E-state index in [1.165, 1.54) is 26.2 Å². The lowest BCUT2D eigenvalue weighted by Crippen LogP contribution is -2.39. The molecule has 1 unspecified atom stereocenters. The summed E-state index contributed by atoms with van der Waals surface area (Å²) in [6.07, 6.45) is 0.